The number of hydrogen-bond donors (Lipinski definition) is 1. The molecule has 0 saturated heterocycles. The third-order valence-corrected chi connectivity index (χ3v) is 3.79. The van der Waals surface area contributed by atoms with Crippen LogP contribution in [0, 0.1) is 17.0 Å². The molecule has 0 aliphatic rings. The molecule has 0 unspecified atom stereocenters. The summed E-state index contributed by atoms with van der Waals surface area (Å²) < 4.78 is 14.9. The van der Waals surface area contributed by atoms with Gasteiger partial charge in [-0.1, -0.05) is 23.2 Å². The van der Waals surface area contributed by atoms with Gasteiger partial charge in [-0.15, -0.1) is 0 Å². The SMILES string of the molecule is CNc1cnc2c(c1)c(C#Cc1ccc(F)s1)cn2C. The lowest BCUT2D eigenvalue weighted by Crippen LogP contribution is -1.91. The van der Waals surface area contributed by atoms with Gasteiger partial charge >= 0.3 is 0 Å². The highest BCUT2D eigenvalue weighted by atomic mass is 32.1. The molecule has 0 bridgehead atoms. The zero-order valence-electron chi connectivity index (χ0n) is 11.1. The number of aromatic nitrogens is 2. The molecule has 0 radical (unpaired) electrons. The maximum atomic E-state index is 12.9. The molecule has 0 atom stereocenters. The van der Waals surface area contributed by atoms with Crippen molar-refractivity contribution in [2.75, 3.05) is 12.4 Å². The number of nitrogens with zero attached hydrogens (tertiary/aromatic N) is 2. The Balaban J connectivity index is 2.09. The number of rotatable bonds is 1. The van der Waals surface area contributed by atoms with E-state index >= 15 is 0 Å². The van der Waals surface area contributed by atoms with E-state index in [1.54, 1.807) is 12.3 Å². The summed E-state index contributed by atoms with van der Waals surface area (Å²) in [7, 11) is 3.79. The van der Waals surface area contributed by atoms with Crippen LogP contribution in [0.5, 0.6) is 0 Å². The number of halogens is 1. The minimum atomic E-state index is -0.216. The topological polar surface area (TPSA) is 29.9 Å². The van der Waals surface area contributed by atoms with Crippen LogP contribution in [0.4, 0.5) is 10.1 Å². The summed E-state index contributed by atoms with van der Waals surface area (Å²) in [5.41, 5.74) is 2.71. The lowest BCUT2D eigenvalue weighted by atomic mass is 10.2. The normalized spacial score (nSPS) is 10.3. The van der Waals surface area contributed by atoms with E-state index in [1.807, 2.05) is 30.9 Å². The minimum Gasteiger partial charge on any atom is -0.387 e. The maximum Gasteiger partial charge on any atom is 0.177 e. The lowest BCUT2D eigenvalue weighted by molar-refractivity contribution is 0.657. The number of nitrogens with one attached hydrogen (secondary N) is 1. The van der Waals surface area contributed by atoms with Crippen molar-refractivity contribution in [2.24, 2.45) is 7.05 Å². The van der Waals surface area contributed by atoms with Crippen LogP contribution in [-0.4, -0.2) is 16.6 Å². The van der Waals surface area contributed by atoms with Gasteiger partial charge in [0.05, 0.1) is 22.3 Å². The van der Waals surface area contributed by atoms with Crippen molar-refractivity contribution in [3.05, 3.63) is 46.2 Å². The molecule has 0 saturated carbocycles. The summed E-state index contributed by atoms with van der Waals surface area (Å²) >= 11 is 1.05. The quantitative estimate of drug-likeness (QED) is 0.696. The fourth-order valence-corrected chi connectivity index (χ4v) is 2.59. The number of aryl methyl sites for hydroxylation is 1. The van der Waals surface area contributed by atoms with Crippen molar-refractivity contribution < 1.29 is 4.39 Å². The Morgan fingerprint density at radius 1 is 1.35 bits per heavy atom. The monoisotopic (exact) mass is 285 g/mol. The smallest absolute Gasteiger partial charge is 0.177 e. The van der Waals surface area contributed by atoms with E-state index in [0.29, 0.717) is 0 Å². The Labute approximate surface area is 120 Å². The summed E-state index contributed by atoms with van der Waals surface area (Å²) in [6.07, 6.45) is 3.72. The predicted molar refractivity (Wildman–Crippen MR) is 80.5 cm³/mol. The van der Waals surface area contributed by atoms with Gasteiger partial charge in [-0.05, 0) is 18.2 Å². The predicted octanol–water partition coefficient (Wildman–Crippen LogP) is 3.22. The standard InChI is InChI=1S/C15H12FN3S/c1-17-11-7-13-10(9-19(2)15(13)18-8-11)3-4-12-5-6-14(16)20-12/h5-9,17H,1-2H3. The number of thiophene rings is 1. The summed E-state index contributed by atoms with van der Waals surface area (Å²) in [5.74, 6) is 6.09. The molecule has 100 valence electrons. The molecule has 3 rings (SSSR count). The summed E-state index contributed by atoms with van der Waals surface area (Å²) in [6.45, 7) is 0. The second-order valence-electron chi connectivity index (χ2n) is 4.35. The Hall–Kier alpha value is -2.32. The average molecular weight is 285 g/mol. The van der Waals surface area contributed by atoms with Gasteiger partial charge in [0.2, 0.25) is 0 Å². The number of anilines is 1. The highest BCUT2D eigenvalue weighted by Gasteiger charge is 2.06. The summed E-state index contributed by atoms with van der Waals surface area (Å²) in [6, 6.07) is 5.13. The first-order valence-electron chi connectivity index (χ1n) is 6.07. The van der Waals surface area contributed by atoms with Crippen molar-refractivity contribution in [3.8, 4) is 11.8 Å². The van der Waals surface area contributed by atoms with Crippen LogP contribution in [0.15, 0.2) is 30.6 Å². The maximum absolute atomic E-state index is 12.9. The molecular formula is C15H12FN3S. The molecule has 1 N–H and O–H groups in total. The largest absolute Gasteiger partial charge is 0.387 e. The van der Waals surface area contributed by atoms with Crippen molar-refractivity contribution >= 4 is 28.1 Å². The van der Waals surface area contributed by atoms with Gasteiger partial charge in [-0.3, -0.25) is 0 Å². The molecule has 5 heteroatoms. The van der Waals surface area contributed by atoms with Crippen LogP contribution in [0.2, 0.25) is 0 Å². The van der Waals surface area contributed by atoms with Crippen LogP contribution < -0.4 is 5.32 Å². The van der Waals surface area contributed by atoms with E-state index < -0.39 is 0 Å². The van der Waals surface area contributed by atoms with E-state index in [-0.39, 0.29) is 5.13 Å². The molecule has 0 amide bonds. The highest BCUT2D eigenvalue weighted by Crippen LogP contribution is 2.21. The molecule has 3 aromatic rings. The van der Waals surface area contributed by atoms with Gasteiger partial charge in [0.15, 0.2) is 5.13 Å². The second kappa shape index (κ2) is 4.99. The van der Waals surface area contributed by atoms with Crippen LogP contribution in [0.3, 0.4) is 0 Å². The first kappa shape index (κ1) is 12.7. The van der Waals surface area contributed by atoms with Gasteiger partial charge in [-0.2, -0.15) is 4.39 Å². The second-order valence-corrected chi connectivity index (χ2v) is 5.39. The number of fused-ring (bicyclic) bond motifs is 1. The summed E-state index contributed by atoms with van der Waals surface area (Å²) in [4.78, 5) is 5.13. The Morgan fingerprint density at radius 3 is 2.90 bits per heavy atom. The van der Waals surface area contributed by atoms with E-state index in [9.17, 15) is 4.39 Å². The molecule has 0 aliphatic carbocycles. The Morgan fingerprint density at radius 2 is 2.20 bits per heavy atom. The van der Waals surface area contributed by atoms with Crippen LogP contribution >= 0.6 is 11.3 Å². The van der Waals surface area contributed by atoms with Crippen LogP contribution in [0.25, 0.3) is 11.0 Å². The van der Waals surface area contributed by atoms with E-state index in [1.165, 1.54) is 6.07 Å². The fourth-order valence-electron chi connectivity index (χ4n) is 2.01. The first-order chi connectivity index (χ1) is 9.67. The fraction of sp³-hybridized carbons (Fsp3) is 0.133. The minimum absolute atomic E-state index is 0.216. The van der Waals surface area contributed by atoms with Gasteiger partial charge < -0.3 is 9.88 Å². The molecule has 3 aromatic heterocycles. The van der Waals surface area contributed by atoms with Crippen molar-refractivity contribution in [1.29, 1.82) is 0 Å². The molecular weight excluding hydrogens is 273 g/mol. The zero-order chi connectivity index (χ0) is 14.1. The van der Waals surface area contributed by atoms with Gasteiger partial charge in [0.1, 0.15) is 5.65 Å². The summed E-state index contributed by atoms with van der Waals surface area (Å²) in [5, 5.41) is 3.84. The molecule has 3 nitrogen and oxygen atoms in total. The average Bonchev–Trinajstić information content (AvgIpc) is 3.00. The van der Waals surface area contributed by atoms with E-state index in [2.05, 4.69) is 22.1 Å². The molecule has 3 heterocycles. The van der Waals surface area contributed by atoms with Gasteiger partial charge in [0, 0.05) is 25.7 Å². The van der Waals surface area contributed by atoms with Crippen molar-refractivity contribution in [1.82, 2.24) is 9.55 Å². The Kier molecular flexibility index (Phi) is 3.17. The number of pyridine rings is 1. The van der Waals surface area contributed by atoms with Crippen molar-refractivity contribution in [2.45, 2.75) is 0 Å². The molecule has 0 spiro atoms. The van der Waals surface area contributed by atoms with E-state index in [0.717, 1.165) is 38.5 Å². The van der Waals surface area contributed by atoms with Crippen LogP contribution in [-0.2, 0) is 7.05 Å². The van der Waals surface area contributed by atoms with Gasteiger partial charge in [-0.25, -0.2) is 4.98 Å². The third kappa shape index (κ3) is 2.26. The first-order valence-corrected chi connectivity index (χ1v) is 6.89. The molecule has 0 fully saturated rings. The highest BCUT2D eigenvalue weighted by molar-refractivity contribution is 7.10. The molecule has 0 aliphatic heterocycles. The lowest BCUT2D eigenvalue weighted by Gasteiger charge is -1.99. The molecule has 0 aromatic carbocycles. The van der Waals surface area contributed by atoms with E-state index in [4.69, 9.17) is 0 Å². The van der Waals surface area contributed by atoms with Crippen molar-refractivity contribution in [3.63, 3.8) is 0 Å². The zero-order valence-corrected chi connectivity index (χ0v) is 11.9. The Bertz CT molecular complexity index is 836. The molecule has 20 heavy (non-hydrogen) atoms. The third-order valence-electron chi connectivity index (χ3n) is 3.00. The van der Waals surface area contributed by atoms with Gasteiger partial charge in [0.25, 0.3) is 0 Å². The van der Waals surface area contributed by atoms with Crippen LogP contribution in [0.1, 0.15) is 10.4 Å². The number of hydrogen-bond acceptors (Lipinski definition) is 3.